The Kier molecular flexibility index (Phi) is 5.37. The fourth-order valence-corrected chi connectivity index (χ4v) is 2.75. The molecule has 132 valence electrons. The second-order valence-corrected chi connectivity index (χ2v) is 5.98. The van der Waals surface area contributed by atoms with E-state index >= 15 is 0 Å². The number of hydrogen-bond acceptors (Lipinski definition) is 3. The molecule has 3 nitrogen and oxygen atoms in total. The van der Waals surface area contributed by atoms with Gasteiger partial charge in [0.25, 0.3) is 0 Å². The van der Waals surface area contributed by atoms with Crippen molar-refractivity contribution in [1.82, 2.24) is 0 Å². The van der Waals surface area contributed by atoms with E-state index in [9.17, 15) is 18.4 Å². The van der Waals surface area contributed by atoms with Crippen LogP contribution in [0.2, 0.25) is 0 Å². The molecule has 0 aliphatic rings. The summed E-state index contributed by atoms with van der Waals surface area (Å²) in [4.78, 5) is 25.0. The topological polar surface area (TPSA) is 47.3 Å². The van der Waals surface area contributed by atoms with E-state index in [0.717, 1.165) is 0 Å². The van der Waals surface area contributed by atoms with Crippen LogP contribution < -0.4 is 0 Å². The van der Waals surface area contributed by atoms with E-state index in [1.54, 1.807) is 12.1 Å². The quantitative estimate of drug-likeness (QED) is 0.549. The highest BCUT2D eigenvalue weighted by molar-refractivity contribution is 5.99. The third-order valence-corrected chi connectivity index (χ3v) is 4.14. The van der Waals surface area contributed by atoms with Crippen molar-refractivity contribution >= 4 is 11.6 Å². The first-order valence-electron chi connectivity index (χ1n) is 8.14. The number of halogens is 2. The summed E-state index contributed by atoms with van der Waals surface area (Å²) >= 11 is 0. The summed E-state index contributed by atoms with van der Waals surface area (Å²) in [5, 5.41) is 0. The Morgan fingerprint density at radius 3 is 1.62 bits per heavy atom. The van der Waals surface area contributed by atoms with Gasteiger partial charge in [0.1, 0.15) is 17.4 Å². The molecule has 2 aromatic carbocycles. The predicted octanol–water partition coefficient (Wildman–Crippen LogP) is 5.19. The largest absolute Gasteiger partial charge is 0.469 e. The summed E-state index contributed by atoms with van der Waals surface area (Å²) in [6.45, 7) is 0. The third kappa shape index (κ3) is 4.30. The van der Waals surface area contributed by atoms with Crippen molar-refractivity contribution in [3.8, 4) is 0 Å². The molecule has 0 aliphatic heterocycles. The Bertz CT molecular complexity index is 823. The van der Waals surface area contributed by atoms with Crippen LogP contribution in [0.3, 0.4) is 0 Å². The molecule has 1 aromatic heterocycles. The van der Waals surface area contributed by atoms with E-state index in [-0.39, 0.29) is 24.4 Å². The molecular formula is C21H16F2O3. The molecule has 5 heteroatoms. The standard InChI is InChI=1S/C21H16F2O3/c22-17-7-3-14(4-8-17)19(24)12-16(21-2-1-11-26-21)13-20(25)15-5-9-18(23)10-6-15/h1-11,16H,12-13H2. The summed E-state index contributed by atoms with van der Waals surface area (Å²) in [6.07, 6.45) is 1.57. The van der Waals surface area contributed by atoms with Crippen molar-refractivity contribution in [3.63, 3.8) is 0 Å². The first-order valence-corrected chi connectivity index (χ1v) is 8.14. The Labute approximate surface area is 149 Å². The average Bonchev–Trinajstić information content (AvgIpc) is 3.16. The minimum Gasteiger partial charge on any atom is -0.469 e. The minimum atomic E-state index is -0.458. The smallest absolute Gasteiger partial charge is 0.163 e. The molecule has 0 atom stereocenters. The molecule has 0 aliphatic carbocycles. The molecule has 0 saturated heterocycles. The number of hydrogen-bond donors (Lipinski definition) is 0. The summed E-state index contributed by atoms with van der Waals surface area (Å²) in [7, 11) is 0. The van der Waals surface area contributed by atoms with Gasteiger partial charge in [0.05, 0.1) is 6.26 Å². The average molecular weight is 354 g/mol. The maximum atomic E-state index is 13.0. The van der Waals surface area contributed by atoms with E-state index in [0.29, 0.717) is 16.9 Å². The Hall–Kier alpha value is -3.08. The Morgan fingerprint density at radius 1 is 0.769 bits per heavy atom. The highest BCUT2D eigenvalue weighted by Crippen LogP contribution is 2.27. The zero-order valence-corrected chi connectivity index (χ0v) is 13.8. The molecule has 3 aromatic rings. The number of carbonyl (C=O) groups is 2. The number of Topliss-reactive ketones (excluding diaryl/α,β-unsaturated/α-hetero) is 2. The van der Waals surface area contributed by atoms with Crippen molar-refractivity contribution in [1.29, 1.82) is 0 Å². The van der Waals surface area contributed by atoms with Gasteiger partial charge in [0, 0.05) is 29.9 Å². The molecule has 0 unspecified atom stereocenters. The van der Waals surface area contributed by atoms with Gasteiger partial charge in [-0.05, 0) is 60.7 Å². The summed E-state index contributed by atoms with van der Waals surface area (Å²) in [5.74, 6) is -1.20. The summed E-state index contributed by atoms with van der Waals surface area (Å²) in [6, 6.07) is 13.9. The fourth-order valence-electron chi connectivity index (χ4n) is 2.75. The van der Waals surface area contributed by atoms with Gasteiger partial charge < -0.3 is 4.42 Å². The lowest BCUT2D eigenvalue weighted by Gasteiger charge is -2.13. The predicted molar refractivity (Wildman–Crippen MR) is 92.1 cm³/mol. The number of benzene rings is 2. The van der Waals surface area contributed by atoms with E-state index < -0.39 is 17.6 Å². The molecule has 0 saturated carbocycles. The number of rotatable bonds is 7. The van der Waals surface area contributed by atoms with Crippen molar-refractivity contribution in [2.45, 2.75) is 18.8 Å². The Balaban J connectivity index is 1.77. The number of carbonyl (C=O) groups excluding carboxylic acids is 2. The molecule has 0 bridgehead atoms. The lowest BCUT2D eigenvalue weighted by atomic mass is 9.90. The first kappa shape index (κ1) is 17.7. The van der Waals surface area contributed by atoms with E-state index in [4.69, 9.17) is 4.42 Å². The molecule has 0 amide bonds. The van der Waals surface area contributed by atoms with Gasteiger partial charge in [-0.2, -0.15) is 0 Å². The number of furan rings is 1. The van der Waals surface area contributed by atoms with Crippen LogP contribution in [0.1, 0.15) is 45.2 Å². The van der Waals surface area contributed by atoms with E-state index in [1.165, 1.54) is 54.8 Å². The minimum absolute atomic E-state index is 0.0477. The van der Waals surface area contributed by atoms with E-state index in [1.807, 2.05) is 0 Å². The van der Waals surface area contributed by atoms with Gasteiger partial charge in [-0.1, -0.05) is 0 Å². The summed E-state index contributed by atoms with van der Waals surface area (Å²) < 4.78 is 31.4. The second kappa shape index (κ2) is 7.87. The SMILES string of the molecule is O=C(CC(CC(=O)c1ccc(F)cc1)c1ccco1)c1ccc(F)cc1. The van der Waals surface area contributed by atoms with Gasteiger partial charge >= 0.3 is 0 Å². The molecule has 0 N–H and O–H groups in total. The van der Waals surface area contributed by atoms with Crippen LogP contribution in [0.4, 0.5) is 8.78 Å². The molecule has 1 heterocycles. The van der Waals surface area contributed by atoms with Crippen molar-refractivity contribution in [2.24, 2.45) is 0 Å². The first-order chi connectivity index (χ1) is 12.5. The van der Waals surface area contributed by atoms with Crippen molar-refractivity contribution in [3.05, 3.63) is 95.4 Å². The van der Waals surface area contributed by atoms with Crippen LogP contribution in [0, 0.1) is 11.6 Å². The monoisotopic (exact) mass is 354 g/mol. The zero-order valence-electron chi connectivity index (χ0n) is 13.8. The van der Waals surface area contributed by atoms with E-state index in [2.05, 4.69) is 0 Å². The molecule has 26 heavy (non-hydrogen) atoms. The maximum Gasteiger partial charge on any atom is 0.163 e. The highest BCUT2D eigenvalue weighted by atomic mass is 19.1. The molecule has 3 rings (SSSR count). The van der Waals surface area contributed by atoms with Crippen molar-refractivity contribution in [2.75, 3.05) is 0 Å². The van der Waals surface area contributed by atoms with Crippen LogP contribution in [0.15, 0.2) is 71.3 Å². The maximum absolute atomic E-state index is 13.0. The van der Waals surface area contributed by atoms with Crippen molar-refractivity contribution < 1.29 is 22.8 Å². The van der Waals surface area contributed by atoms with Gasteiger partial charge in [0.15, 0.2) is 11.6 Å². The summed E-state index contributed by atoms with van der Waals surface area (Å²) in [5.41, 5.74) is 0.745. The molecule has 0 radical (unpaired) electrons. The third-order valence-electron chi connectivity index (χ3n) is 4.14. The zero-order chi connectivity index (χ0) is 18.5. The normalized spacial score (nSPS) is 10.9. The lowest BCUT2D eigenvalue weighted by Crippen LogP contribution is -2.12. The van der Waals surface area contributed by atoms with Crippen LogP contribution >= 0.6 is 0 Å². The van der Waals surface area contributed by atoms with Gasteiger partial charge in [-0.25, -0.2) is 8.78 Å². The van der Waals surface area contributed by atoms with Crippen LogP contribution in [-0.4, -0.2) is 11.6 Å². The fraction of sp³-hybridized carbons (Fsp3) is 0.143. The number of ketones is 2. The van der Waals surface area contributed by atoms with Gasteiger partial charge in [-0.3, -0.25) is 9.59 Å². The lowest BCUT2D eigenvalue weighted by molar-refractivity contribution is 0.0938. The molecular weight excluding hydrogens is 338 g/mol. The van der Waals surface area contributed by atoms with Crippen LogP contribution in [-0.2, 0) is 0 Å². The van der Waals surface area contributed by atoms with Gasteiger partial charge in [0.2, 0.25) is 0 Å². The molecule has 0 spiro atoms. The Morgan fingerprint density at radius 2 is 1.23 bits per heavy atom. The van der Waals surface area contributed by atoms with Crippen LogP contribution in [0.25, 0.3) is 0 Å². The van der Waals surface area contributed by atoms with Gasteiger partial charge in [-0.15, -0.1) is 0 Å². The van der Waals surface area contributed by atoms with Crippen LogP contribution in [0.5, 0.6) is 0 Å². The molecule has 0 fully saturated rings. The second-order valence-electron chi connectivity index (χ2n) is 5.98. The highest BCUT2D eigenvalue weighted by Gasteiger charge is 2.23.